The highest BCUT2D eigenvalue weighted by Gasteiger charge is 2.15. The summed E-state index contributed by atoms with van der Waals surface area (Å²) in [6.07, 6.45) is 0. The summed E-state index contributed by atoms with van der Waals surface area (Å²) in [6, 6.07) is 1.88. The molecule has 0 saturated carbocycles. The third-order valence-electron chi connectivity index (χ3n) is 1.46. The monoisotopic (exact) mass is 236 g/mol. The van der Waals surface area contributed by atoms with Gasteiger partial charge in [-0.25, -0.2) is 9.00 Å². The van der Waals surface area contributed by atoms with Crippen molar-refractivity contribution in [2.24, 2.45) is 0 Å². The third-order valence-corrected chi connectivity index (χ3v) is 2.44. The summed E-state index contributed by atoms with van der Waals surface area (Å²) < 4.78 is 19.3. The number of phenolic OH excluding ortho intramolecular Hbond substituents is 1. The van der Waals surface area contributed by atoms with Crippen LogP contribution in [0.15, 0.2) is 17.0 Å². The molecule has 0 fully saturated rings. The van der Waals surface area contributed by atoms with Gasteiger partial charge in [-0.15, -0.1) is 0 Å². The first-order valence-corrected chi connectivity index (χ1v) is 4.78. The zero-order valence-corrected chi connectivity index (χ0v) is 8.17. The smallest absolute Gasteiger partial charge is 0.335 e. The average Bonchev–Trinajstić information content (AvgIpc) is 2.08. The van der Waals surface area contributed by atoms with Crippen LogP contribution in [0.5, 0.6) is 5.75 Å². The molecule has 0 radical (unpaired) electrons. The molecule has 1 rings (SSSR count). The number of aromatic carboxylic acids is 1. The van der Waals surface area contributed by atoms with Gasteiger partial charge < -0.3 is 14.8 Å². The van der Waals surface area contributed by atoms with Crippen molar-refractivity contribution < 1.29 is 23.8 Å². The molecule has 3 N–H and O–H groups in total. The van der Waals surface area contributed by atoms with Gasteiger partial charge in [-0.2, -0.15) is 0 Å². The van der Waals surface area contributed by atoms with Gasteiger partial charge in [0.1, 0.15) is 4.90 Å². The molecule has 14 heavy (non-hydrogen) atoms. The molecular formula is C7H5ClO5S. The van der Waals surface area contributed by atoms with Crippen LogP contribution >= 0.6 is 11.6 Å². The number of phenols is 1. The highest BCUT2D eigenvalue weighted by molar-refractivity contribution is 7.79. The van der Waals surface area contributed by atoms with Crippen LogP contribution in [-0.2, 0) is 11.1 Å². The number of halogens is 1. The summed E-state index contributed by atoms with van der Waals surface area (Å²) in [4.78, 5) is 10.1. The molecule has 0 bridgehead atoms. The van der Waals surface area contributed by atoms with Crippen LogP contribution in [0, 0.1) is 0 Å². The molecule has 0 spiro atoms. The van der Waals surface area contributed by atoms with Gasteiger partial charge in [0.05, 0.1) is 10.6 Å². The number of carbonyl (C=O) groups is 1. The Morgan fingerprint density at radius 2 is 2.00 bits per heavy atom. The van der Waals surface area contributed by atoms with Crippen LogP contribution in [0.2, 0.25) is 5.02 Å². The van der Waals surface area contributed by atoms with E-state index in [1.54, 1.807) is 0 Å². The summed E-state index contributed by atoms with van der Waals surface area (Å²) >= 11 is 2.97. The van der Waals surface area contributed by atoms with Gasteiger partial charge in [-0.05, 0) is 12.1 Å². The minimum Gasteiger partial charge on any atom is -0.505 e. The number of aromatic hydroxyl groups is 1. The molecule has 5 nitrogen and oxygen atoms in total. The number of hydrogen-bond donors (Lipinski definition) is 3. The first kappa shape index (κ1) is 11.0. The van der Waals surface area contributed by atoms with Crippen molar-refractivity contribution in [1.29, 1.82) is 0 Å². The summed E-state index contributed by atoms with van der Waals surface area (Å²) in [5.41, 5.74) is -0.259. The average molecular weight is 237 g/mol. The van der Waals surface area contributed by atoms with E-state index in [1.807, 2.05) is 0 Å². The quantitative estimate of drug-likeness (QED) is 0.674. The van der Waals surface area contributed by atoms with E-state index < -0.39 is 27.7 Å². The first-order chi connectivity index (χ1) is 6.43. The van der Waals surface area contributed by atoms with E-state index in [2.05, 4.69) is 0 Å². The largest absolute Gasteiger partial charge is 0.505 e. The Morgan fingerprint density at radius 3 is 2.43 bits per heavy atom. The number of rotatable bonds is 2. The van der Waals surface area contributed by atoms with E-state index in [9.17, 15) is 14.1 Å². The molecule has 1 aromatic rings. The fourth-order valence-corrected chi connectivity index (χ4v) is 1.61. The molecular weight excluding hydrogens is 232 g/mol. The van der Waals surface area contributed by atoms with Crippen molar-refractivity contribution in [3.8, 4) is 5.75 Å². The van der Waals surface area contributed by atoms with E-state index in [-0.39, 0.29) is 10.6 Å². The molecule has 0 amide bonds. The van der Waals surface area contributed by atoms with Crippen LogP contribution in [0.25, 0.3) is 0 Å². The number of benzene rings is 1. The molecule has 0 saturated heterocycles. The summed E-state index contributed by atoms with van der Waals surface area (Å²) in [7, 11) is 0. The normalized spacial score (nSPS) is 12.4. The van der Waals surface area contributed by atoms with Crippen LogP contribution in [-0.4, -0.2) is 24.9 Å². The molecule has 76 valence electrons. The van der Waals surface area contributed by atoms with E-state index in [0.717, 1.165) is 12.1 Å². The molecule has 0 aliphatic carbocycles. The van der Waals surface area contributed by atoms with E-state index in [1.165, 1.54) is 0 Å². The maximum Gasteiger partial charge on any atom is 0.335 e. The van der Waals surface area contributed by atoms with Gasteiger partial charge in [-0.3, -0.25) is 0 Å². The molecule has 1 atom stereocenters. The van der Waals surface area contributed by atoms with Crippen LogP contribution in [0.1, 0.15) is 10.4 Å². The lowest BCUT2D eigenvalue weighted by Gasteiger charge is -2.03. The number of hydrogen-bond acceptors (Lipinski definition) is 3. The Morgan fingerprint density at radius 1 is 1.43 bits per heavy atom. The van der Waals surface area contributed by atoms with Gasteiger partial charge in [0, 0.05) is 0 Å². The molecule has 7 heteroatoms. The SMILES string of the molecule is O=C(O)c1cc(Cl)c(O)c(S(=O)O)c1. The highest BCUT2D eigenvalue weighted by Crippen LogP contribution is 2.30. The molecule has 0 heterocycles. The van der Waals surface area contributed by atoms with Gasteiger partial charge in [0.2, 0.25) is 0 Å². The summed E-state index contributed by atoms with van der Waals surface area (Å²) in [5.74, 6) is -1.88. The van der Waals surface area contributed by atoms with E-state index in [4.69, 9.17) is 21.3 Å². The lowest BCUT2D eigenvalue weighted by molar-refractivity contribution is 0.0696. The molecule has 1 aromatic carbocycles. The minimum atomic E-state index is -2.48. The second kappa shape index (κ2) is 3.95. The number of carboxylic acid groups (broad SMARTS) is 1. The Hall–Kier alpha value is -1.11. The highest BCUT2D eigenvalue weighted by atomic mass is 35.5. The minimum absolute atomic E-state index is 0.259. The fraction of sp³-hybridized carbons (Fsp3) is 0. The predicted octanol–water partition coefficient (Wildman–Crippen LogP) is 1.32. The zero-order chi connectivity index (χ0) is 10.9. The Kier molecular flexibility index (Phi) is 3.10. The first-order valence-electron chi connectivity index (χ1n) is 3.30. The van der Waals surface area contributed by atoms with Crippen molar-refractivity contribution in [2.75, 3.05) is 0 Å². The Labute approximate surface area is 86.2 Å². The lowest BCUT2D eigenvalue weighted by atomic mass is 10.2. The summed E-state index contributed by atoms with van der Waals surface area (Å²) in [6.45, 7) is 0. The second-order valence-corrected chi connectivity index (χ2v) is 3.70. The second-order valence-electron chi connectivity index (χ2n) is 2.36. The van der Waals surface area contributed by atoms with Gasteiger partial charge in [0.25, 0.3) is 0 Å². The van der Waals surface area contributed by atoms with Crippen molar-refractivity contribution in [3.05, 3.63) is 22.7 Å². The van der Waals surface area contributed by atoms with E-state index in [0.29, 0.717) is 0 Å². The number of carboxylic acids is 1. The zero-order valence-electron chi connectivity index (χ0n) is 6.60. The topological polar surface area (TPSA) is 94.8 Å². The van der Waals surface area contributed by atoms with Crippen LogP contribution in [0.3, 0.4) is 0 Å². The lowest BCUT2D eigenvalue weighted by Crippen LogP contribution is -1.99. The Balaban J connectivity index is 3.43. The summed E-state index contributed by atoms with van der Waals surface area (Å²) in [5, 5.41) is 17.5. The van der Waals surface area contributed by atoms with Crippen molar-refractivity contribution >= 4 is 28.7 Å². The van der Waals surface area contributed by atoms with Gasteiger partial charge in [0.15, 0.2) is 16.8 Å². The van der Waals surface area contributed by atoms with Gasteiger partial charge >= 0.3 is 5.97 Å². The molecule has 1 unspecified atom stereocenters. The maximum absolute atomic E-state index is 10.6. The van der Waals surface area contributed by atoms with Crippen LogP contribution < -0.4 is 0 Å². The van der Waals surface area contributed by atoms with Crippen LogP contribution in [0.4, 0.5) is 0 Å². The fourth-order valence-electron chi connectivity index (χ4n) is 0.830. The van der Waals surface area contributed by atoms with Gasteiger partial charge in [-0.1, -0.05) is 11.6 Å². The van der Waals surface area contributed by atoms with Crippen molar-refractivity contribution in [1.82, 2.24) is 0 Å². The third kappa shape index (κ3) is 2.03. The van der Waals surface area contributed by atoms with Crippen molar-refractivity contribution in [2.45, 2.75) is 4.90 Å². The molecule has 0 aliphatic heterocycles. The molecule has 0 aromatic heterocycles. The maximum atomic E-state index is 10.6. The Bertz CT molecular complexity index is 417. The predicted molar refractivity (Wildman–Crippen MR) is 49.1 cm³/mol. The van der Waals surface area contributed by atoms with Crippen molar-refractivity contribution in [3.63, 3.8) is 0 Å². The standard InChI is InChI=1S/C7H5ClO5S/c8-4-1-3(7(10)11)2-5(6(4)9)14(12)13/h1-2,9H,(H,10,11)(H,12,13). The van der Waals surface area contributed by atoms with E-state index >= 15 is 0 Å². The molecule has 0 aliphatic rings.